The van der Waals surface area contributed by atoms with Crippen LogP contribution in [0, 0.1) is 6.92 Å². The number of aryl methyl sites for hydroxylation is 1. The number of hydrogen-bond donors (Lipinski definition) is 1. The van der Waals surface area contributed by atoms with E-state index in [1.807, 2.05) is 17.7 Å². The molecule has 5 nitrogen and oxygen atoms in total. The first-order chi connectivity index (χ1) is 6.72. The number of nitrogens with zero attached hydrogens (tertiary/aromatic N) is 2. The Bertz CT molecular complexity index is 359. The minimum atomic E-state index is -0.414. The summed E-state index contributed by atoms with van der Waals surface area (Å²) in [5.41, 5.74) is 0.928. The van der Waals surface area contributed by atoms with Crippen molar-refractivity contribution in [2.45, 2.75) is 19.5 Å². The van der Waals surface area contributed by atoms with E-state index >= 15 is 0 Å². The zero-order valence-corrected chi connectivity index (χ0v) is 8.28. The molecule has 2 rings (SSSR count). The normalized spacial score (nSPS) is 20.3. The van der Waals surface area contributed by atoms with Crippen molar-refractivity contribution in [1.82, 2.24) is 14.9 Å². The molecule has 0 bridgehead atoms. The van der Waals surface area contributed by atoms with Crippen molar-refractivity contribution in [3.63, 3.8) is 0 Å². The van der Waals surface area contributed by atoms with E-state index in [1.165, 1.54) is 7.11 Å². The summed E-state index contributed by atoms with van der Waals surface area (Å²) in [7, 11) is 1.39. The van der Waals surface area contributed by atoms with Crippen LogP contribution in [-0.4, -0.2) is 29.2 Å². The molecule has 0 fully saturated rings. The minimum Gasteiger partial charge on any atom is -0.468 e. The molecule has 14 heavy (non-hydrogen) atoms. The molecule has 0 spiro atoms. The van der Waals surface area contributed by atoms with Gasteiger partial charge in [0.25, 0.3) is 0 Å². The van der Waals surface area contributed by atoms with E-state index in [2.05, 4.69) is 10.3 Å². The number of ether oxygens (including phenoxy) is 1. The topological polar surface area (TPSA) is 56.1 Å². The summed E-state index contributed by atoms with van der Waals surface area (Å²) in [6.45, 7) is 3.53. The fourth-order valence-corrected chi connectivity index (χ4v) is 1.70. The zero-order chi connectivity index (χ0) is 10.1. The van der Waals surface area contributed by atoms with Gasteiger partial charge in [0, 0.05) is 19.3 Å². The molecule has 0 saturated carbocycles. The highest BCUT2D eigenvalue weighted by atomic mass is 16.5. The number of nitrogens with one attached hydrogen (secondary N) is 1. The molecule has 0 aliphatic carbocycles. The van der Waals surface area contributed by atoms with Crippen LogP contribution in [0.3, 0.4) is 0 Å². The number of aromatic nitrogens is 2. The summed E-state index contributed by atoms with van der Waals surface area (Å²) in [5, 5.41) is 3.08. The van der Waals surface area contributed by atoms with Crippen molar-refractivity contribution in [1.29, 1.82) is 0 Å². The third-order valence-corrected chi connectivity index (χ3v) is 2.32. The lowest BCUT2D eigenvalue weighted by Gasteiger charge is -2.22. The molecule has 1 atom stereocenters. The van der Waals surface area contributed by atoms with Crippen LogP contribution in [0.15, 0.2) is 6.20 Å². The van der Waals surface area contributed by atoms with Crippen molar-refractivity contribution < 1.29 is 9.53 Å². The van der Waals surface area contributed by atoms with Crippen molar-refractivity contribution in [2.24, 2.45) is 0 Å². The quantitative estimate of drug-likeness (QED) is 0.641. The summed E-state index contributed by atoms with van der Waals surface area (Å²) in [4.78, 5) is 15.7. The summed E-state index contributed by atoms with van der Waals surface area (Å²) < 4.78 is 6.69. The predicted octanol–water partition coefficient (Wildman–Crippen LogP) is 0.00882. The second-order valence-corrected chi connectivity index (χ2v) is 3.34. The van der Waals surface area contributed by atoms with Gasteiger partial charge in [0.05, 0.1) is 12.8 Å². The fourth-order valence-electron chi connectivity index (χ4n) is 1.70. The average Bonchev–Trinajstić information content (AvgIpc) is 2.56. The Labute approximate surface area is 82.1 Å². The first-order valence-corrected chi connectivity index (χ1v) is 4.57. The van der Waals surface area contributed by atoms with Crippen LogP contribution in [0.1, 0.15) is 17.6 Å². The first kappa shape index (κ1) is 9.21. The van der Waals surface area contributed by atoms with Gasteiger partial charge in [-0.05, 0) is 6.92 Å². The predicted molar refractivity (Wildman–Crippen MR) is 49.7 cm³/mol. The number of hydrogen-bond acceptors (Lipinski definition) is 4. The molecule has 76 valence electrons. The number of esters is 1. The van der Waals surface area contributed by atoms with Gasteiger partial charge in [0.1, 0.15) is 5.82 Å². The van der Waals surface area contributed by atoms with Gasteiger partial charge in [0.2, 0.25) is 0 Å². The number of methoxy groups -OCH3 is 1. The van der Waals surface area contributed by atoms with Gasteiger partial charge in [-0.3, -0.25) is 5.32 Å². The molecule has 1 aromatic heterocycles. The maximum absolute atomic E-state index is 11.4. The highest BCUT2D eigenvalue weighted by Crippen LogP contribution is 2.17. The highest BCUT2D eigenvalue weighted by molar-refractivity contribution is 5.76. The van der Waals surface area contributed by atoms with Gasteiger partial charge < -0.3 is 9.30 Å². The molecule has 1 aromatic rings. The SMILES string of the molecule is COC(=O)[C@H]1NCCn2cc(C)nc21. The Morgan fingerprint density at radius 1 is 1.79 bits per heavy atom. The van der Waals surface area contributed by atoms with Crippen LogP contribution >= 0.6 is 0 Å². The third-order valence-electron chi connectivity index (χ3n) is 2.32. The number of carbonyl (C=O) groups is 1. The Balaban J connectivity index is 2.34. The largest absolute Gasteiger partial charge is 0.468 e. The van der Waals surface area contributed by atoms with E-state index in [9.17, 15) is 4.79 Å². The number of rotatable bonds is 1. The zero-order valence-electron chi connectivity index (χ0n) is 8.28. The molecule has 0 amide bonds. The molecular weight excluding hydrogens is 182 g/mol. The van der Waals surface area contributed by atoms with Gasteiger partial charge in [-0.2, -0.15) is 0 Å². The Kier molecular flexibility index (Phi) is 2.25. The maximum Gasteiger partial charge on any atom is 0.330 e. The van der Waals surface area contributed by atoms with E-state index in [4.69, 9.17) is 4.74 Å². The average molecular weight is 195 g/mol. The molecule has 0 radical (unpaired) electrons. The summed E-state index contributed by atoms with van der Waals surface area (Å²) in [5.74, 6) is 0.470. The van der Waals surface area contributed by atoms with Crippen LogP contribution in [0.2, 0.25) is 0 Å². The lowest BCUT2D eigenvalue weighted by atomic mass is 10.2. The monoisotopic (exact) mass is 195 g/mol. The molecule has 2 heterocycles. The summed E-state index contributed by atoms with van der Waals surface area (Å²) in [6, 6.07) is -0.414. The summed E-state index contributed by atoms with van der Waals surface area (Å²) in [6.07, 6.45) is 1.95. The second kappa shape index (κ2) is 3.42. The molecule has 5 heteroatoms. The number of imidazole rings is 1. The second-order valence-electron chi connectivity index (χ2n) is 3.34. The van der Waals surface area contributed by atoms with Gasteiger partial charge in [-0.25, -0.2) is 9.78 Å². The van der Waals surface area contributed by atoms with Crippen molar-refractivity contribution in [3.8, 4) is 0 Å². The fraction of sp³-hybridized carbons (Fsp3) is 0.556. The van der Waals surface area contributed by atoms with Crippen LogP contribution in [0.4, 0.5) is 0 Å². The smallest absolute Gasteiger partial charge is 0.330 e. The third kappa shape index (κ3) is 1.39. The van der Waals surface area contributed by atoms with Crippen LogP contribution in [-0.2, 0) is 16.1 Å². The molecular formula is C9H13N3O2. The van der Waals surface area contributed by atoms with E-state index in [1.54, 1.807) is 0 Å². The molecule has 0 saturated heterocycles. The highest BCUT2D eigenvalue weighted by Gasteiger charge is 2.28. The number of carbonyl (C=O) groups excluding carboxylic acids is 1. The van der Waals surface area contributed by atoms with E-state index in [-0.39, 0.29) is 5.97 Å². The molecule has 0 aromatic carbocycles. The Morgan fingerprint density at radius 3 is 3.29 bits per heavy atom. The van der Waals surface area contributed by atoms with Crippen molar-refractivity contribution >= 4 is 5.97 Å². The number of fused-ring (bicyclic) bond motifs is 1. The van der Waals surface area contributed by atoms with Crippen LogP contribution < -0.4 is 5.32 Å². The van der Waals surface area contributed by atoms with E-state index in [0.717, 1.165) is 24.6 Å². The van der Waals surface area contributed by atoms with Gasteiger partial charge in [0.15, 0.2) is 6.04 Å². The lowest BCUT2D eigenvalue weighted by molar-refractivity contribution is -0.143. The Hall–Kier alpha value is -1.36. The van der Waals surface area contributed by atoms with Crippen LogP contribution in [0.25, 0.3) is 0 Å². The Morgan fingerprint density at radius 2 is 2.57 bits per heavy atom. The first-order valence-electron chi connectivity index (χ1n) is 4.57. The molecule has 1 N–H and O–H groups in total. The maximum atomic E-state index is 11.4. The van der Waals surface area contributed by atoms with Gasteiger partial charge >= 0.3 is 5.97 Å². The van der Waals surface area contributed by atoms with Gasteiger partial charge in [-0.1, -0.05) is 0 Å². The van der Waals surface area contributed by atoms with E-state index in [0.29, 0.717) is 0 Å². The molecule has 1 aliphatic heterocycles. The van der Waals surface area contributed by atoms with Crippen molar-refractivity contribution in [2.75, 3.05) is 13.7 Å². The van der Waals surface area contributed by atoms with Gasteiger partial charge in [-0.15, -0.1) is 0 Å². The molecule has 0 unspecified atom stereocenters. The lowest BCUT2D eigenvalue weighted by Crippen LogP contribution is -2.38. The van der Waals surface area contributed by atoms with E-state index < -0.39 is 6.04 Å². The standard InChI is InChI=1S/C9H13N3O2/c1-6-5-12-4-3-10-7(8(12)11-6)9(13)14-2/h5,7,10H,3-4H2,1-2H3/t7-/m0/s1. The summed E-state index contributed by atoms with van der Waals surface area (Å²) >= 11 is 0. The van der Waals surface area contributed by atoms with Crippen molar-refractivity contribution in [3.05, 3.63) is 17.7 Å². The van der Waals surface area contributed by atoms with Crippen LogP contribution in [0.5, 0.6) is 0 Å². The molecule has 1 aliphatic rings. The minimum absolute atomic E-state index is 0.281.